The average Bonchev–Trinajstić information content (AvgIpc) is 2.39. The third kappa shape index (κ3) is 2.44. The van der Waals surface area contributed by atoms with Crippen LogP contribution in [0.4, 0.5) is 0 Å². The van der Waals surface area contributed by atoms with Gasteiger partial charge in [-0.3, -0.25) is 4.79 Å². The molecule has 0 bridgehead atoms. The largest absolute Gasteiger partial charge is 0.295 e. The quantitative estimate of drug-likeness (QED) is 0.717. The van der Waals surface area contributed by atoms with Crippen LogP contribution in [-0.4, -0.2) is 5.78 Å². The van der Waals surface area contributed by atoms with Crippen LogP contribution in [0.25, 0.3) is 11.1 Å². The monoisotopic (exact) mass is 224 g/mol. The highest BCUT2D eigenvalue weighted by Crippen LogP contribution is 2.24. The maximum Gasteiger partial charge on any atom is 0.159 e. The van der Waals surface area contributed by atoms with E-state index in [1.807, 2.05) is 30.3 Å². The third-order valence-corrected chi connectivity index (χ3v) is 3.00. The first kappa shape index (κ1) is 11.6. The molecule has 0 spiro atoms. The SMILES string of the molecule is CCc1ccccc1-c1ccc(C(C)=O)cc1. The van der Waals surface area contributed by atoms with Gasteiger partial charge in [0.25, 0.3) is 0 Å². The van der Waals surface area contributed by atoms with Crippen LogP contribution in [0.5, 0.6) is 0 Å². The Morgan fingerprint density at radius 1 is 1.00 bits per heavy atom. The maximum atomic E-state index is 11.2. The van der Waals surface area contributed by atoms with Crippen LogP contribution in [0, 0.1) is 0 Å². The summed E-state index contributed by atoms with van der Waals surface area (Å²) in [5.41, 5.74) is 4.53. The van der Waals surface area contributed by atoms with Gasteiger partial charge in [-0.15, -0.1) is 0 Å². The molecule has 0 saturated heterocycles. The topological polar surface area (TPSA) is 17.1 Å². The van der Waals surface area contributed by atoms with Crippen molar-refractivity contribution < 1.29 is 4.79 Å². The summed E-state index contributed by atoms with van der Waals surface area (Å²) >= 11 is 0. The van der Waals surface area contributed by atoms with Crippen molar-refractivity contribution in [1.29, 1.82) is 0 Å². The van der Waals surface area contributed by atoms with Gasteiger partial charge in [-0.05, 0) is 30.0 Å². The fourth-order valence-electron chi connectivity index (χ4n) is 1.99. The van der Waals surface area contributed by atoms with Gasteiger partial charge in [-0.25, -0.2) is 0 Å². The van der Waals surface area contributed by atoms with E-state index >= 15 is 0 Å². The van der Waals surface area contributed by atoms with Crippen LogP contribution in [0.15, 0.2) is 48.5 Å². The first-order valence-corrected chi connectivity index (χ1v) is 5.91. The Labute approximate surface area is 102 Å². The average molecular weight is 224 g/mol. The number of ketones is 1. The van der Waals surface area contributed by atoms with Crippen molar-refractivity contribution in [3.8, 4) is 11.1 Å². The molecule has 86 valence electrons. The number of hydrogen-bond acceptors (Lipinski definition) is 1. The lowest BCUT2D eigenvalue weighted by Crippen LogP contribution is -1.92. The summed E-state index contributed by atoms with van der Waals surface area (Å²) < 4.78 is 0. The molecule has 0 aromatic heterocycles. The van der Waals surface area contributed by atoms with Crippen LogP contribution in [0.3, 0.4) is 0 Å². The molecule has 0 aliphatic carbocycles. The molecule has 0 radical (unpaired) electrons. The first-order chi connectivity index (χ1) is 8.22. The zero-order valence-corrected chi connectivity index (χ0v) is 10.2. The van der Waals surface area contributed by atoms with Crippen LogP contribution in [0.1, 0.15) is 29.8 Å². The summed E-state index contributed by atoms with van der Waals surface area (Å²) in [6, 6.07) is 16.2. The van der Waals surface area contributed by atoms with Gasteiger partial charge in [0.05, 0.1) is 0 Å². The van der Waals surface area contributed by atoms with E-state index in [2.05, 4.69) is 25.1 Å². The van der Waals surface area contributed by atoms with E-state index in [0.29, 0.717) is 0 Å². The molecule has 17 heavy (non-hydrogen) atoms. The number of Topliss-reactive ketones (excluding diaryl/α,β-unsaturated/α-hetero) is 1. The second kappa shape index (κ2) is 4.96. The summed E-state index contributed by atoms with van der Waals surface area (Å²) in [5.74, 6) is 0.111. The van der Waals surface area contributed by atoms with Crippen molar-refractivity contribution in [3.05, 3.63) is 59.7 Å². The second-order valence-corrected chi connectivity index (χ2v) is 4.14. The number of aryl methyl sites for hydroxylation is 1. The molecule has 1 heteroatoms. The molecule has 2 aromatic carbocycles. The zero-order valence-electron chi connectivity index (χ0n) is 10.2. The number of carbonyl (C=O) groups excluding carboxylic acids is 1. The first-order valence-electron chi connectivity index (χ1n) is 5.91. The van der Waals surface area contributed by atoms with Crippen molar-refractivity contribution in [3.63, 3.8) is 0 Å². The van der Waals surface area contributed by atoms with Gasteiger partial charge in [-0.2, -0.15) is 0 Å². The Morgan fingerprint density at radius 2 is 1.65 bits per heavy atom. The highest BCUT2D eigenvalue weighted by Gasteiger charge is 2.04. The lowest BCUT2D eigenvalue weighted by atomic mass is 9.97. The van der Waals surface area contributed by atoms with E-state index in [0.717, 1.165) is 12.0 Å². The smallest absolute Gasteiger partial charge is 0.159 e. The van der Waals surface area contributed by atoms with Gasteiger partial charge >= 0.3 is 0 Å². The fourth-order valence-corrected chi connectivity index (χ4v) is 1.99. The minimum atomic E-state index is 0.111. The van der Waals surface area contributed by atoms with Gasteiger partial charge < -0.3 is 0 Å². The Hall–Kier alpha value is -1.89. The highest BCUT2D eigenvalue weighted by atomic mass is 16.1. The molecule has 0 unspecified atom stereocenters. The molecule has 0 aliphatic rings. The molecular weight excluding hydrogens is 208 g/mol. The van der Waals surface area contributed by atoms with Crippen molar-refractivity contribution >= 4 is 5.78 Å². The normalized spacial score (nSPS) is 10.2. The van der Waals surface area contributed by atoms with E-state index in [-0.39, 0.29) is 5.78 Å². The van der Waals surface area contributed by atoms with E-state index < -0.39 is 0 Å². The number of carbonyl (C=O) groups is 1. The standard InChI is InChI=1S/C16H16O/c1-3-13-6-4-5-7-16(13)15-10-8-14(9-11-15)12(2)17/h4-11H,3H2,1-2H3. The molecule has 2 rings (SSSR count). The number of hydrogen-bond donors (Lipinski definition) is 0. The molecule has 0 N–H and O–H groups in total. The number of rotatable bonds is 3. The van der Waals surface area contributed by atoms with Crippen molar-refractivity contribution in [1.82, 2.24) is 0 Å². The van der Waals surface area contributed by atoms with Gasteiger partial charge in [-0.1, -0.05) is 55.5 Å². The van der Waals surface area contributed by atoms with Crippen molar-refractivity contribution in [2.45, 2.75) is 20.3 Å². The Balaban J connectivity index is 2.43. The molecule has 2 aromatic rings. The number of benzene rings is 2. The summed E-state index contributed by atoms with van der Waals surface area (Å²) in [5, 5.41) is 0. The lowest BCUT2D eigenvalue weighted by molar-refractivity contribution is 0.101. The van der Waals surface area contributed by atoms with Crippen LogP contribution in [0.2, 0.25) is 0 Å². The Morgan fingerprint density at radius 3 is 2.24 bits per heavy atom. The second-order valence-electron chi connectivity index (χ2n) is 4.14. The molecule has 0 aliphatic heterocycles. The molecular formula is C16H16O. The third-order valence-electron chi connectivity index (χ3n) is 3.00. The molecule has 0 saturated carbocycles. The summed E-state index contributed by atoms with van der Waals surface area (Å²) in [6.45, 7) is 3.75. The van der Waals surface area contributed by atoms with E-state index in [9.17, 15) is 4.79 Å². The van der Waals surface area contributed by atoms with Gasteiger partial charge in [0.2, 0.25) is 0 Å². The lowest BCUT2D eigenvalue weighted by Gasteiger charge is -2.08. The van der Waals surface area contributed by atoms with E-state index in [1.165, 1.54) is 16.7 Å². The Bertz CT molecular complexity index is 523. The van der Waals surface area contributed by atoms with Crippen LogP contribution in [-0.2, 0) is 6.42 Å². The summed E-state index contributed by atoms with van der Waals surface area (Å²) in [7, 11) is 0. The molecule has 0 heterocycles. The summed E-state index contributed by atoms with van der Waals surface area (Å²) in [6.07, 6.45) is 1.02. The predicted molar refractivity (Wildman–Crippen MR) is 71.3 cm³/mol. The summed E-state index contributed by atoms with van der Waals surface area (Å²) in [4.78, 5) is 11.2. The molecule has 0 fully saturated rings. The van der Waals surface area contributed by atoms with Crippen molar-refractivity contribution in [2.75, 3.05) is 0 Å². The fraction of sp³-hybridized carbons (Fsp3) is 0.188. The van der Waals surface area contributed by atoms with Gasteiger partial charge in [0.15, 0.2) is 5.78 Å². The van der Waals surface area contributed by atoms with E-state index in [1.54, 1.807) is 6.92 Å². The van der Waals surface area contributed by atoms with Crippen LogP contribution >= 0.6 is 0 Å². The highest BCUT2D eigenvalue weighted by molar-refractivity contribution is 5.94. The van der Waals surface area contributed by atoms with E-state index in [4.69, 9.17) is 0 Å². The molecule has 0 amide bonds. The predicted octanol–water partition coefficient (Wildman–Crippen LogP) is 4.12. The van der Waals surface area contributed by atoms with Gasteiger partial charge in [0.1, 0.15) is 0 Å². The molecule has 0 atom stereocenters. The maximum absolute atomic E-state index is 11.2. The van der Waals surface area contributed by atoms with Gasteiger partial charge in [0, 0.05) is 5.56 Å². The molecule has 1 nitrogen and oxygen atoms in total. The van der Waals surface area contributed by atoms with Crippen LogP contribution < -0.4 is 0 Å². The Kier molecular flexibility index (Phi) is 3.38. The zero-order chi connectivity index (χ0) is 12.3. The van der Waals surface area contributed by atoms with Crippen molar-refractivity contribution in [2.24, 2.45) is 0 Å². The minimum absolute atomic E-state index is 0.111. The minimum Gasteiger partial charge on any atom is -0.295 e.